The zero-order valence-electron chi connectivity index (χ0n) is 15.6. The van der Waals surface area contributed by atoms with Gasteiger partial charge in [-0.15, -0.1) is 13.2 Å². The van der Waals surface area contributed by atoms with Crippen molar-refractivity contribution in [2.45, 2.75) is 19.8 Å². The van der Waals surface area contributed by atoms with Crippen molar-refractivity contribution in [1.29, 1.82) is 0 Å². The minimum Gasteiger partial charge on any atom is -0.406 e. The predicted molar refractivity (Wildman–Crippen MR) is 102 cm³/mol. The van der Waals surface area contributed by atoms with Crippen molar-refractivity contribution in [3.8, 4) is 5.75 Å². The van der Waals surface area contributed by atoms with Crippen molar-refractivity contribution in [2.24, 2.45) is 0 Å². The third kappa shape index (κ3) is 5.66. The van der Waals surface area contributed by atoms with Crippen LogP contribution in [-0.2, 0) is 6.54 Å². The van der Waals surface area contributed by atoms with E-state index in [1.165, 1.54) is 24.4 Å². The number of anilines is 2. The van der Waals surface area contributed by atoms with Crippen molar-refractivity contribution >= 4 is 17.5 Å². The van der Waals surface area contributed by atoms with E-state index in [0.29, 0.717) is 11.3 Å². The number of hydrogen-bond acceptors (Lipinski definition) is 5. The first-order valence-electron chi connectivity index (χ1n) is 8.69. The van der Waals surface area contributed by atoms with Gasteiger partial charge in [-0.3, -0.25) is 4.79 Å². The molecule has 3 rings (SSSR count). The van der Waals surface area contributed by atoms with Crippen molar-refractivity contribution in [3.05, 3.63) is 77.4 Å². The van der Waals surface area contributed by atoms with E-state index in [0.717, 1.165) is 12.1 Å². The summed E-state index contributed by atoms with van der Waals surface area (Å²) in [6.45, 7) is 1.77. The number of ether oxygens (including phenoxy) is 1. The Bertz CT molecular complexity index is 1040. The molecule has 0 aliphatic carbocycles. The van der Waals surface area contributed by atoms with Crippen LogP contribution in [0.25, 0.3) is 0 Å². The molecule has 0 fully saturated rings. The van der Waals surface area contributed by atoms with Gasteiger partial charge in [-0.05, 0) is 37.3 Å². The summed E-state index contributed by atoms with van der Waals surface area (Å²) < 4.78 is 54.0. The molecule has 156 valence electrons. The summed E-state index contributed by atoms with van der Waals surface area (Å²) in [5.41, 5.74) is 1.27. The molecule has 0 saturated carbocycles. The maximum atomic E-state index is 13.7. The van der Waals surface area contributed by atoms with Crippen LogP contribution in [0.1, 0.15) is 21.6 Å². The maximum Gasteiger partial charge on any atom is 0.573 e. The van der Waals surface area contributed by atoms with Gasteiger partial charge in [0.2, 0.25) is 5.95 Å². The van der Waals surface area contributed by atoms with Gasteiger partial charge in [0.1, 0.15) is 11.6 Å². The minimum atomic E-state index is -4.79. The molecule has 0 aliphatic rings. The molecule has 0 aliphatic heterocycles. The first-order chi connectivity index (χ1) is 14.2. The molecule has 2 N–H and O–H groups in total. The zero-order valence-corrected chi connectivity index (χ0v) is 15.6. The largest absolute Gasteiger partial charge is 0.573 e. The molecule has 2 aromatic carbocycles. The number of halogens is 4. The molecular formula is C20H16F4N4O2. The Morgan fingerprint density at radius 2 is 1.80 bits per heavy atom. The molecule has 1 amide bonds. The van der Waals surface area contributed by atoms with Gasteiger partial charge in [0.05, 0.1) is 11.3 Å². The second-order valence-corrected chi connectivity index (χ2v) is 6.16. The van der Waals surface area contributed by atoms with Crippen molar-refractivity contribution in [3.63, 3.8) is 0 Å². The Hall–Kier alpha value is -3.69. The van der Waals surface area contributed by atoms with Gasteiger partial charge >= 0.3 is 6.36 Å². The summed E-state index contributed by atoms with van der Waals surface area (Å²) in [5, 5.41) is 5.43. The smallest absolute Gasteiger partial charge is 0.406 e. The average molecular weight is 420 g/mol. The van der Waals surface area contributed by atoms with E-state index >= 15 is 0 Å². The molecule has 3 aromatic rings. The second-order valence-electron chi connectivity index (χ2n) is 6.16. The Labute approximate surface area is 168 Å². The number of rotatable bonds is 6. The SMILES string of the molecule is Cc1nc(NCc2ccccc2F)ncc1C(=O)Nc1ccc(OC(F)(F)F)cc1. The fraction of sp³-hybridized carbons (Fsp3) is 0.150. The molecule has 0 spiro atoms. The highest BCUT2D eigenvalue weighted by molar-refractivity contribution is 6.04. The van der Waals surface area contributed by atoms with Crippen molar-refractivity contribution in [1.82, 2.24) is 9.97 Å². The maximum absolute atomic E-state index is 13.7. The topological polar surface area (TPSA) is 76.1 Å². The number of benzene rings is 2. The van der Waals surface area contributed by atoms with Gasteiger partial charge in [0, 0.05) is 24.0 Å². The zero-order chi connectivity index (χ0) is 21.7. The average Bonchev–Trinajstić information content (AvgIpc) is 2.68. The molecule has 0 bridgehead atoms. The van der Waals surface area contributed by atoms with E-state index in [9.17, 15) is 22.4 Å². The summed E-state index contributed by atoms with van der Waals surface area (Å²) in [4.78, 5) is 20.6. The van der Waals surface area contributed by atoms with Crippen molar-refractivity contribution in [2.75, 3.05) is 10.6 Å². The molecule has 0 atom stereocenters. The van der Waals surface area contributed by atoms with E-state index in [4.69, 9.17) is 0 Å². The fourth-order valence-electron chi connectivity index (χ4n) is 2.53. The molecule has 30 heavy (non-hydrogen) atoms. The van der Waals surface area contributed by atoms with Crippen LogP contribution < -0.4 is 15.4 Å². The molecule has 6 nitrogen and oxygen atoms in total. The van der Waals surface area contributed by atoms with Gasteiger partial charge in [0.25, 0.3) is 5.91 Å². The Morgan fingerprint density at radius 1 is 1.10 bits per heavy atom. The van der Waals surface area contributed by atoms with Crippen LogP contribution in [0.2, 0.25) is 0 Å². The number of alkyl halides is 3. The van der Waals surface area contributed by atoms with E-state index in [1.807, 2.05) is 0 Å². The van der Waals surface area contributed by atoms with Gasteiger partial charge in [-0.2, -0.15) is 0 Å². The number of amides is 1. The van der Waals surface area contributed by atoms with Crippen molar-refractivity contribution < 1.29 is 27.1 Å². The molecule has 10 heteroatoms. The number of hydrogen-bond donors (Lipinski definition) is 2. The molecule has 0 unspecified atom stereocenters. The lowest BCUT2D eigenvalue weighted by Gasteiger charge is -2.11. The number of carbonyl (C=O) groups excluding carboxylic acids is 1. The second kappa shape index (κ2) is 8.76. The lowest BCUT2D eigenvalue weighted by atomic mass is 10.2. The Morgan fingerprint density at radius 3 is 2.43 bits per heavy atom. The fourth-order valence-corrected chi connectivity index (χ4v) is 2.53. The Balaban J connectivity index is 1.63. The van der Waals surface area contributed by atoms with E-state index in [1.54, 1.807) is 25.1 Å². The van der Waals surface area contributed by atoms with Gasteiger partial charge in [-0.1, -0.05) is 18.2 Å². The van der Waals surface area contributed by atoms with Gasteiger partial charge in [0.15, 0.2) is 0 Å². The lowest BCUT2D eigenvalue weighted by molar-refractivity contribution is -0.274. The monoisotopic (exact) mass is 420 g/mol. The summed E-state index contributed by atoms with van der Waals surface area (Å²) in [7, 11) is 0. The van der Waals surface area contributed by atoms with Gasteiger partial charge in [-0.25, -0.2) is 14.4 Å². The van der Waals surface area contributed by atoms with E-state index < -0.39 is 18.0 Å². The van der Waals surface area contributed by atoms with Crippen LogP contribution >= 0.6 is 0 Å². The third-order valence-electron chi connectivity index (χ3n) is 3.96. The lowest BCUT2D eigenvalue weighted by Crippen LogP contribution is -2.17. The summed E-state index contributed by atoms with van der Waals surface area (Å²) >= 11 is 0. The Kier molecular flexibility index (Phi) is 6.14. The van der Waals surface area contributed by atoms with Crippen LogP contribution in [0.3, 0.4) is 0 Å². The first-order valence-corrected chi connectivity index (χ1v) is 8.69. The minimum absolute atomic E-state index is 0.171. The van der Waals surface area contributed by atoms with E-state index in [2.05, 4.69) is 25.3 Å². The highest BCUT2D eigenvalue weighted by atomic mass is 19.4. The number of carbonyl (C=O) groups is 1. The summed E-state index contributed by atoms with van der Waals surface area (Å²) in [6, 6.07) is 11.0. The normalized spacial score (nSPS) is 11.1. The third-order valence-corrected chi connectivity index (χ3v) is 3.96. The number of aryl methyl sites for hydroxylation is 1. The highest BCUT2D eigenvalue weighted by Crippen LogP contribution is 2.24. The first kappa shape index (κ1) is 21.0. The van der Waals surface area contributed by atoms with Gasteiger partial charge < -0.3 is 15.4 Å². The summed E-state index contributed by atoms with van der Waals surface area (Å²) in [5.74, 6) is -1.06. The molecule has 1 aromatic heterocycles. The molecule has 0 saturated heterocycles. The van der Waals surface area contributed by atoms with Crippen LogP contribution in [0.4, 0.5) is 29.2 Å². The standard InChI is InChI=1S/C20H16F4N4O2/c1-12-16(11-26-19(27-12)25-10-13-4-2-3-5-17(13)21)18(29)28-14-6-8-15(9-7-14)30-20(22,23)24/h2-9,11H,10H2,1H3,(H,28,29)(H,25,26,27). The van der Waals surface area contributed by atoms with Crippen LogP contribution in [0.15, 0.2) is 54.7 Å². The predicted octanol–water partition coefficient (Wildman–Crippen LogP) is 4.69. The van der Waals surface area contributed by atoms with Crippen LogP contribution in [0, 0.1) is 12.7 Å². The quantitative estimate of drug-likeness (QED) is 0.566. The molecule has 1 heterocycles. The molecule has 0 radical (unpaired) electrons. The summed E-state index contributed by atoms with van der Waals surface area (Å²) in [6.07, 6.45) is -3.48. The number of nitrogens with zero attached hydrogens (tertiary/aromatic N) is 2. The van der Waals surface area contributed by atoms with E-state index in [-0.39, 0.29) is 29.6 Å². The molecular weight excluding hydrogens is 404 g/mol. The van der Waals surface area contributed by atoms with Crippen LogP contribution in [0.5, 0.6) is 5.75 Å². The van der Waals surface area contributed by atoms with Crippen LogP contribution in [-0.4, -0.2) is 22.2 Å². The number of nitrogens with one attached hydrogen (secondary N) is 2. The number of aromatic nitrogens is 2. The highest BCUT2D eigenvalue weighted by Gasteiger charge is 2.31.